The van der Waals surface area contributed by atoms with E-state index < -0.39 is 10.0 Å². The lowest BCUT2D eigenvalue weighted by Gasteiger charge is -2.19. The molecule has 0 aliphatic carbocycles. The van der Waals surface area contributed by atoms with Gasteiger partial charge in [0.05, 0.1) is 4.90 Å². The summed E-state index contributed by atoms with van der Waals surface area (Å²) in [6.45, 7) is 9.15. The van der Waals surface area contributed by atoms with Gasteiger partial charge in [0.15, 0.2) is 0 Å². The van der Waals surface area contributed by atoms with Crippen molar-refractivity contribution < 1.29 is 8.42 Å². The maximum absolute atomic E-state index is 12.5. The van der Waals surface area contributed by atoms with E-state index in [2.05, 4.69) is 19.2 Å². The van der Waals surface area contributed by atoms with Gasteiger partial charge in [0.25, 0.3) is 0 Å². The maximum atomic E-state index is 12.5. The normalized spacial score (nSPS) is 19.9. The van der Waals surface area contributed by atoms with Crippen LogP contribution in [0.4, 0.5) is 0 Å². The van der Waals surface area contributed by atoms with Gasteiger partial charge in [-0.25, -0.2) is 8.42 Å². The Labute approximate surface area is 119 Å². The molecule has 0 aromatic carbocycles. The van der Waals surface area contributed by atoms with Gasteiger partial charge in [-0.2, -0.15) is 4.31 Å². The highest BCUT2D eigenvalue weighted by atomic mass is 32.2. The summed E-state index contributed by atoms with van der Waals surface area (Å²) in [4.78, 5) is 1.52. The Morgan fingerprint density at radius 2 is 2.21 bits per heavy atom. The van der Waals surface area contributed by atoms with Crippen molar-refractivity contribution in [2.24, 2.45) is 5.41 Å². The zero-order valence-electron chi connectivity index (χ0n) is 11.8. The Morgan fingerprint density at radius 3 is 2.79 bits per heavy atom. The molecule has 2 rings (SSSR count). The number of rotatable bonds is 5. The van der Waals surface area contributed by atoms with E-state index in [1.54, 1.807) is 15.8 Å². The molecular weight excluding hydrogens is 280 g/mol. The van der Waals surface area contributed by atoms with Crippen LogP contribution in [-0.4, -0.2) is 32.4 Å². The van der Waals surface area contributed by atoms with Crippen LogP contribution in [0.15, 0.2) is 16.3 Å². The summed E-state index contributed by atoms with van der Waals surface area (Å²) < 4.78 is 26.7. The van der Waals surface area contributed by atoms with Gasteiger partial charge >= 0.3 is 0 Å². The minimum atomic E-state index is -3.30. The zero-order chi connectivity index (χ0) is 14.1. The minimum Gasteiger partial charge on any atom is -0.312 e. The third-order valence-electron chi connectivity index (χ3n) is 3.46. The lowest BCUT2D eigenvalue weighted by atomic mass is 9.93. The van der Waals surface area contributed by atoms with Crippen LogP contribution < -0.4 is 5.32 Å². The van der Waals surface area contributed by atoms with Crippen molar-refractivity contribution >= 4 is 21.4 Å². The third kappa shape index (κ3) is 3.37. The van der Waals surface area contributed by atoms with E-state index in [1.165, 1.54) is 11.3 Å². The topological polar surface area (TPSA) is 49.4 Å². The fourth-order valence-corrected chi connectivity index (χ4v) is 5.12. The summed E-state index contributed by atoms with van der Waals surface area (Å²) in [5, 5.41) is 4.97. The Hall–Kier alpha value is -0.430. The van der Waals surface area contributed by atoms with Crippen LogP contribution in [-0.2, 0) is 16.6 Å². The van der Waals surface area contributed by atoms with Gasteiger partial charge in [-0.1, -0.05) is 20.8 Å². The molecule has 19 heavy (non-hydrogen) atoms. The minimum absolute atomic E-state index is 0.0929. The smallest absolute Gasteiger partial charge is 0.243 e. The Kier molecular flexibility index (Phi) is 4.35. The molecule has 4 nitrogen and oxygen atoms in total. The molecule has 1 aromatic heterocycles. The Balaban J connectivity index is 2.14. The predicted molar refractivity (Wildman–Crippen MR) is 78.9 cm³/mol. The monoisotopic (exact) mass is 302 g/mol. The zero-order valence-corrected chi connectivity index (χ0v) is 13.4. The number of nitrogens with one attached hydrogen (secondary N) is 1. The maximum Gasteiger partial charge on any atom is 0.243 e. The number of hydrogen-bond acceptors (Lipinski definition) is 4. The van der Waals surface area contributed by atoms with E-state index in [4.69, 9.17) is 0 Å². The van der Waals surface area contributed by atoms with Crippen LogP contribution in [0.25, 0.3) is 0 Å². The molecule has 1 fully saturated rings. The van der Waals surface area contributed by atoms with Crippen LogP contribution in [0.5, 0.6) is 0 Å². The number of hydrogen-bond donors (Lipinski definition) is 1. The first-order valence-corrected chi connectivity index (χ1v) is 8.95. The summed E-state index contributed by atoms with van der Waals surface area (Å²) in [7, 11) is -3.30. The molecule has 1 aromatic rings. The molecule has 1 aliphatic rings. The Morgan fingerprint density at radius 1 is 1.47 bits per heavy atom. The molecule has 0 atom stereocenters. The summed E-state index contributed by atoms with van der Waals surface area (Å²) in [5.74, 6) is 0. The Bertz CT molecular complexity index is 535. The molecule has 1 saturated heterocycles. The van der Waals surface area contributed by atoms with Gasteiger partial charge < -0.3 is 5.32 Å². The van der Waals surface area contributed by atoms with Gasteiger partial charge in [-0.05, 0) is 24.4 Å². The summed E-state index contributed by atoms with van der Waals surface area (Å²) >= 11 is 1.51. The van der Waals surface area contributed by atoms with Crippen molar-refractivity contribution in [2.75, 3.05) is 19.6 Å². The van der Waals surface area contributed by atoms with Crippen molar-refractivity contribution in [3.63, 3.8) is 0 Å². The van der Waals surface area contributed by atoms with Gasteiger partial charge in [0.2, 0.25) is 10.0 Å². The summed E-state index contributed by atoms with van der Waals surface area (Å²) in [5.41, 5.74) is 0.0929. The summed E-state index contributed by atoms with van der Waals surface area (Å²) in [6.07, 6.45) is 0.931. The number of sulfonamides is 1. The second-order valence-corrected chi connectivity index (χ2v) is 8.72. The van der Waals surface area contributed by atoms with Crippen LogP contribution in [0.2, 0.25) is 0 Å². The molecule has 0 spiro atoms. The van der Waals surface area contributed by atoms with Gasteiger partial charge in [-0.3, -0.25) is 0 Å². The molecular formula is C13H22N2O2S2. The van der Waals surface area contributed by atoms with Gasteiger partial charge in [0, 0.05) is 29.9 Å². The highest BCUT2D eigenvalue weighted by Crippen LogP contribution is 2.33. The predicted octanol–water partition coefficient (Wildman–Crippen LogP) is 2.28. The second kappa shape index (κ2) is 5.52. The van der Waals surface area contributed by atoms with E-state index in [9.17, 15) is 8.42 Å². The molecule has 0 amide bonds. The highest BCUT2D eigenvalue weighted by molar-refractivity contribution is 7.89. The first kappa shape index (κ1) is 15.0. The molecule has 0 radical (unpaired) electrons. The molecule has 0 bridgehead atoms. The average Bonchev–Trinajstić information content (AvgIpc) is 2.93. The van der Waals surface area contributed by atoms with Crippen molar-refractivity contribution in [1.29, 1.82) is 0 Å². The van der Waals surface area contributed by atoms with Crippen molar-refractivity contribution in [2.45, 2.75) is 38.6 Å². The first-order chi connectivity index (χ1) is 8.85. The SMILES string of the molecule is CCNCc1cc(S(=O)(=O)N2CCC(C)(C)C2)cs1. The lowest BCUT2D eigenvalue weighted by Crippen LogP contribution is -2.30. The van der Waals surface area contributed by atoms with E-state index in [0.717, 1.165) is 24.4 Å². The lowest BCUT2D eigenvalue weighted by molar-refractivity contribution is 0.375. The van der Waals surface area contributed by atoms with Crippen molar-refractivity contribution in [3.8, 4) is 0 Å². The molecule has 1 N–H and O–H groups in total. The third-order valence-corrected chi connectivity index (χ3v) is 6.37. The summed E-state index contributed by atoms with van der Waals surface area (Å²) in [6, 6.07) is 1.80. The number of nitrogens with zero attached hydrogens (tertiary/aromatic N) is 1. The van der Waals surface area contributed by atoms with Crippen molar-refractivity contribution in [3.05, 3.63) is 16.3 Å². The van der Waals surface area contributed by atoms with Crippen LogP contribution >= 0.6 is 11.3 Å². The van der Waals surface area contributed by atoms with E-state index in [1.807, 2.05) is 6.92 Å². The van der Waals surface area contributed by atoms with Crippen molar-refractivity contribution in [1.82, 2.24) is 9.62 Å². The van der Waals surface area contributed by atoms with E-state index in [0.29, 0.717) is 18.0 Å². The number of thiophene rings is 1. The molecule has 0 saturated carbocycles. The van der Waals surface area contributed by atoms with Crippen LogP contribution in [0.3, 0.4) is 0 Å². The van der Waals surface area contributed by atoms with E-state index >= 15 is 0 Å². The molecule has 1 aliphatic heterocycles. The second-order valence-electron chi connectivity index (χ2n) is 5.78. The fraction of sp³-hybridized carbons (Fsp3) is 0.692. The van der Waals surface area contributed by atoms with Crippen LogP contribution in [0.1, 0.15) is 32.1 Å². The quantitative estimate of drug-likeness (QED) is 0.908. The average molecular weight is 302 g/mol. The van der Waals surface area contributed by atoms with Gasteiger partial charge in [0.1, 0.15) is 0 Å². The molecule has 6 heteroatoms. The fourth-order valence-electron chi connectivity index (χ4n) is 2.25. The van der Waals surface area contributed by atoms with E-state index in [-0.39, 0.29) is 5.41 Å². The molecule has 108 valence electrons. The van der Waals surface area contributed by atoms with Gasteiger partial charge in [-0.15, -0.1) is 11.3 Å². The largest absolute Gasteiger partial charge is 0.312 e. The molecule has 0 unspecified atom stereocenters. The molecule has 2 heterocycles. The van der Waals surface area contributed by atoms with Crippen LogP contribution in [0, 0.1) is 5.41 Å². The standard InChI is InChI=1S/C13H22N2O2S2/c1-4-14-8-11-7-12(9-18-11)19(16,17)15-6-5-13(2,3)10-15/h7,9,14H,4-6,8,10H2,1-3H3. The highest BCUT2D eigenvalue weighted by Gasteiger charge is 2.37. The first-order valence-electron chi connectivity index (χ1n) is 6.63.